The third-order valence-electron chi connectivity index (χ3n) is 2.95. The van der Waals surface area contributed by atoms with Crippen LogP contribution in [-0.2, 0) is 16.2 Å². The molecule has 0 saturated heterocycles. The van der Waals surface area contributed by atoms with Gasteiger partial charge in [-0.2, -0.15) is 13.2 Å². The number of non-ortho nitro benzene ring substituents is 1. The van der Waals surface area contributed by atoms with Crippen LogP contribution in [0, 0.1) is 10.1 Å². The van der Waals surface area contributed by atoms with Crippen LogP contribution in [0.15, 0.2) is 47.4 Å². The number of hydrogen-bond donors (Lipinski definition) is 2. The monoisotopic (exact) mass is 395 g/mol. The van der Waals surface area contributed by atoms with Gasteiger partial charge >= 0.3 is 6.18 Å². The molecule has 25 heavy (non-hydrogen) atoms. The van der Waals surface area contributed by atoms with Crippen LogP contribution < -0.4 is 10.3 Å². The van der Waals surface area contributed by atoms with Gasteiger partial charge in [-0.25, -0.2) is 8.42 Å². The molecule has 0 aromatic heterocycles. The summed E-state index contributed by atoms with van der Waals surface area (Å²) in [6.07, 6.45) is -4.64. The van der Waals surface area contributed by atoms with Crippen molar-refractivity contribution in [3.8, 4) is 0 Å². The van der Waals surface area contributed by atoms with Crippen molar-refractivity contribution in [3.63, 3.8) is 0 Å². The van der Waals surface area contributed by atoms with E-state index in [2.05, 4.69) is 5.43 Å². The summed E-state index contributed by atoms with van der Waals surface area (Å²) in [6.45, 7) is 0. The van der Waals surface area contributed by atoms with Gasteiger partial charge in [-0.05, 0) is 24.3 Å². The molecular formula is C13H9ClF3N3O4S. The first-order chi connectivity index (χ1) is 11.5. The van der Waals surface area contributed by atoms with E-state index in [1.54, 1.807) is 0 Å². The Morgan fingerprint density at radius 3 is 2.40 bits per heavy atom. The molecule has 7 nitrogen and oxygen atoms in total. The van der Waals surface area contributed by atoms with Crippen molar-refractivity contribution in [1.82, 2.24) is 4.83 Å². The molecular weight excluding hydrogens is 387 g/mol. The first-order valence-electron chi connectivity index (χ1n) is 6.40. The summed E-state index contributed by atoms with van der Waals surface area (Å²) in [5, 5.41) is 10.5. The van der Waals surface area contributed by atoms with Crippen LogP contribution >= 0.6 is 11.6 Å². The number of rotatable bonds is 5. The zero-order chi connectivity index (χ0) is 18.8. The molecule has 0 heterocycles. The molecule has 2 rings (SSSR count). The van der Waals surface area contributed by atoms with E-state index in [0.29, 0.717) is 6.07 Å². The van der Waals surface area contributed by atoms with Gasteiger partial charge in [0.2, 0.25) is 0 Å². The summed E-state index contributed by atoms with van der Waals surface area (Å²) in [4.78, 5) is 11.3. The Hall–Kier alpha value is -2.37. The number of hydrogen-bond acceptors (Lipinski definition) is 5. The molecule has 12 heteroatoms. The van der Waals surface area contributed by atoms with Crippen molar-refractivity contribution in [2.75, 3.05) is 5.43 Å². The van der Waals surface area contributed by atoms with Gasteiger partial charge in [0.25, 0.3) is 15.7 Å². The van der Waals surface area contributed by atoms with Crippen molar-refractivity contribution in [1.29, 1.82) is 0 Å². The molecule has 0 amide bonds. The number of alkyl halides is 3. The lowest BCUT2D eigenvalue weighted by Gasteiger charge is -2.13. The molecule has 0 saturated carbocycles. The second kappa shape index (κ2) is 6.86. The smallest absolute Gasteiger partial charge is 0.306 e. The first-order valence-corrected chi connectivity index (χ1v) is 8.26. The quantitative estimate of drug-likeness (QED) is 0.595. The summed E-state index contributed by atoms with van der Waals surface area (Å²) >= 11 is 5.73. The Bertz CT molecular complexity index is 919. The minimum atomic E-state index is -4.64. The Balaban J connectivity index is 2.26. The lowest BCUT2D eigenvalue weighted by Crippen LogP contribution is -2.29. The standard InChI is InChI=1S/C13H9ClF3N3O4S/c14-11-5-4-8(13(15,16)17)6-12(11)18-19-25(23,24)10-3-1-2-9(7-10)20(21)22/h1-7,18-19H. The summed E-state index contributed by atoms with van der Waals surface area (Å²) < 4.78 is 62.3. The minimum Gasteiger partial charge on any atom is -0.306 e. The zero-order valence-electron chi connectivity index (χ0n) is 12.0. The van der Waals surface area contributed by atoms with Gasteiger partial charge in [0.1, 0.15) is 0 Å². The van der Waals surface area contributed by atoms with E-state index in [1.807, 2.05) is 4.83 Å². The van der Waals surface area contributed by atoms with Crippen LogP contribution in [0.5, 0.6) is 0 Å². The molecule has 0 aliphatic carbocycles. The molecule has 0 aliphatic rings. The van der Waals surface area contributed by atoms with E-state index in [9.17, 15) is 31.7 Å². The highest BCUT2D eigenvalue weighted by atomic mass is 35.5. The summed E-state index contributed by atoms with van der Waals surface area (Å²) in [5.41, 5.74) is 0.253. The molecule has 0 unspecified atom stereocenters. The predicted molar refractivity (Wildman–Crippen MR) is 83.5 cm³/mol. The summed E-state index contributed by atoms with van der Waals surface area (Å²) in [5.74, 6) is 0. The van der Waals surface area contributed by atoms with Crippen molar-refractivity contribution in [2.24, 2.45) is 0 Å². The average molecular weight is 396 g/mol. The van der Waals surface area contributed by atoms with Crippen molar-refractivity contribution < 1.29 is 26.5 Å². The SMILES string of the molecule is O=[N+]([O-])c1cccc(S(=O)(=O)NNc2cc(C(F)(F)F)ccc2Cl)c1. The fourth-order valence-corrected chi connectivity index (χ4v) is 2.80. The molecule has 0 atom stereocenters. The number of anilines is 1. The maximum atomic E-state index is 12.7. The minimum absolute atomic E-state index is 0.158. The fraction of sp³-hybridized carbons (Fsp3) is 0.0769. The number of nitro benzene ring substituents is 1. The Kier molecular flexibility index (Phi) is 5.20. The normalized spacial score (nSPS) is 12.0. The van der Waals surface area contributed by atoms with Crippen LogP contribution in [0.2, 0.25) is 5.02 Å². The van der Waals surface area contributed by atoms with E-state index < -0.39 is 37.3 Å². The third-order valence-corrected chi connectivity index (χ3v) is 4.53. The van der Waals surface area contributed by atoms with Gasteiger partial charge in [0, 0.05) is 12.1 Å². The zero-order valence-corrected chi connectivity index (χ0v) is 13.6. The maximum Gasteiger partial charge on any atom is 0.416 e. The fourth-order valence-electron chi connectivity index (χ4n) is 1.74. The number of hydrazine groups is 1. The first kappa shape index (κ1) is 19.0. The Morgan fingerprint density at radius 2 is 1.80 bits per heavy atom. The number of halogens is 4. The Labute approximate surface area is 144 Å². The molecule has 0 bridgehead atoms. The van der Waals surface area contributed by atoms with Crippen molar-refractivity contribution >= 4 is 33.0 Å². The van der Waals surface area contributed by atoms with Gasteiger partial charge in [-0.1, -0.05) is 17.7 Å². The second-order valence-corrected chi connectivity index (χ2v) is 6.77. The number of nitro groups is 1. The molecule has 2 aromatic carbocycles. The lowest BCUT2D eigenvalue weighted by atomic mass is 10.2. The van der Waals surface area contributed by atoms with Gasteiger partial charge in [-0.3, -0.25) is 10.1 Å². The molecule has 0 aliphatic heterocycles. The highest BCUT2D eigenvalue weighted by molar-refractivity contribution is 7.89. The van der Waals surface area contributed by atoms with Crippen LogP contribution in [-0.4, -0.2) is 13.3 Å². The Morgan fingerprint density at radius 1 is 1.12 bits per heavy atom. The van der Waals surface area contributed by atoms with Crippen molar-refractivity contribution in [2.45, 2.75) is 11.1 Å². The topological polar surface area (TPSA) is 101 Å². The molecule has 134 valence electrons. The van der Waals surface area contributed by atoms with E-state index in [4.69, 9.17) is 11.6 Å². The predicted octanol–water partition coefficient (Wildman–Crippen LogP) is 3.57. The summed E-state index contributed by atoms with van der Waals surface area (Å²) in [6, 6.07) is 6.46. The van der Waals surface area contributed by atoms with E-state index in [-0.39, 0.29) is 10.7 Å². The molecule has 2 aromatic rings. The molecule has 0 radical (unpaired) electrons. The number of benzene rings is 2. The summed E-state index contributed by atoms with van der Waals surface area (Å²) in [7, 11) is -4.29. The third kappa shape index (κ3) is 4.59. The maximum absolute atomic E-state index is 12.7. The van der Waals surface area contributed by atoms with Crippen LogP contribution in [0.25, 0.3) is 0 Å². The van der Waals surface area contributed by atoms with Crippen LogP contribution in [0.4, 0.5) is 24.5 Å². The van der Waals surface area contributed by atoms with Crippen LogP contribution in [0.1, 0.15) is 5.56 Å². The van der Waals surface area contributed by atoms with E-state index in [1.165, 1.54) is 0 Å². The largest absolute Gasteiger partial charge is 0.416 e. The van der Waals surface area contributed by atoms with E-state index in [0.717, 1.165) is 36.4 Å². The highest BCUT2D eigenvalue weighted by Gasteiger charge is 2.31. The van der Waals surface area contributed by atoms with Crippen molar-refractivity contribution in [3.05, 3.63) is 63.2 Å². The molecule has 0 fully saturated rings. The van der Waals surface area contributed by atoms with Gasteiger partial charge in [0.05, 0.1) is 26.1 Å². The van der Waals surface area contributed by atoms with E-state index >= 15 is 0 Å². The highest BCUT2D eigenvalue weighted by Crippen LogP contribution is 2.33. The van der Waals surface area contributed by atoms with Crippen LogP contribution in [0.3, 0.4) is 0 Å². The lowest BCUT2D eigenvalue weighted by molar-refractivity contribution is -0.385. The number of sulfonamides is 1. The average Bonchev–Trinajstić information content (AvgIpc) is 2.53. The number of nitrogens with one attached hydrogen (secondary N) is 2. The second-order valence-electron chi connectivity index (χ2n) is 4.68. The van der Waals surface area contributed by atoms with Gasteiger partial charge in [0.15, 0.2) is 0 Å². The van der Waals surface area contributed by atoms with Gasteiger partial charge < -0.3 is 5.43 Å². The molecule has 2 N–H and O–H groups in total. The number of nitrogens with zero attached hydrogens (tertiary/aromatic N) is 1. The molecule has 0 spiro atoms. The van der Waals surface area contributed by atoms with Gasteiger partial charge in [-0.15, -0.1) is 4.83 Å².